The molecule has 0 aliphatic carbocycles. The molecule has 0 saturated carbocycles. The Bertz CT molecular complexity index is 1280. The van der Waals surface area contributed by atoms with Gasteiger partial charge in [0.25, 0.3) is 0 Å². The van der Waals surface area contributed by atoms with Gasteiger partial charge in [0.15, 0.2) is 11.5 Å². The number of hydrogen-bond acceptors (Lipinski definition) is 7. The van der Waals surface area contributed by atoms with Gasteiger partial charge in [0.05, 0.1) is 17.6 Å². The van der Waals surface area contributed by atoms with Gasteiger partial charge in [0.1, 0.15) is 24.0 Å². The van der Waals surface area contributed by atoms with E-state index < -0.39 is 12.1 Å². The highest BCUT2D eigenvalue weighted by Crippen LogP contribution is 2.37. The first-order valence-electron chi connectivity index (χ1n) is 10.9. The average Bonchev–Trinajstić information content (AvgIpc) is 2.85. The van der Waals surface area contributed by atoms with E-state index in [0.29, 0.717) is 59.8 Å². The van der Waals surface area contributed by atoms with E-state index >= 15 is 0 Å². The van der Waals surface area contributed by atoms with Crippen LogP contribution in [0.1, 0.15) is 12.8 Å². The van der Waals surface area contributed by atoms with E-state index in [1.807, 2.05) is 0 Å². The summed E-state index contributed by atoms with van der Waals surface area (Å²) in [6, 6.07) is 7.25. The van der Waals surface area contributed by atoms with Crippen LogP contribution in [0.5, 0.6) is 17.2 Å². The SMILES string of the molecule is C=CC(=O)N1CCC(Oc2cc3c(Nc4ccc(OC(F)(F)F)c(Cl)c4)ncnc3cc2OC)CC1. The normalized spacial score (nSPS) is 14.4. The van der Waals surface area contributed by atoms with Crippen LogP contribution in [-0.4, -0.2) is 53.4 Å². The molecule has 12 heteroatoms. The Kier molecular flexibility index (Phi) is 7.39. The second kappa shape index (κ2) is 10.5. The predicted octanol–water partition coefficient (Wildman–Crippen LogP) is 5.49. The number of nitrogens with one attached hydrogen (secondary N) is 1. The molecular formula is C24H22ClF3N4O4. The molecule has 1 fully saturated rings. The minimum atomic E-state index is -4.85. The zero-order valence-corrected chi connectivity index (χ0v) is 19.9. The molecule has 0 spiro atoms. The van der Waals surface area contributed by atoms with Crippen LogP contribution in [0.25, 0.3) is 10.9 Å². The lowest BCUT2D eigenvalue weighted by Gasteiger charge is -2.31. The number of ether oxygens (including phenoxy) is 3. The second-order valence-electron chi connectivity index (χ2n) is 7.91. The van der Waals surface area contributed by atoms with Gasteiger partial charge in [0, 0.05) is 43.1 Å². The monoisotopic (exact) mass is 522 g/mol. The van der Waals surface area contributed by atoms with Gasteiger partial charge in [-0.25, -0.2) is 9.97 Å². The molecule has 0 bridgehead atoms. The van der Waals surface area contributed by atoms with Gasteiger partial charge in [-0.05, 0) is 30.3 Å². The Morgan fingerprint density at radius 1 is 1.17 bits per heavy atom. The van der Waals surface area contributed by atoms with Crippen LogP contribution >= 0.6 is 11.6 Å². The van der Waals surface area contributed by atoms with Crippen molar-refractivity contribution in [3.05, 3.63) is 54.3 Å². The van der Waals surface area contributed by atoms with Crippen LogP contribution in [0, 0.1) is 0 Å². The van der Waals surface area contributed by atoms with Crippen molar-refractivity contribution in [1.82, 2.24) is 14.9 Å². The quantitative estimate of drug-likeness (QED) is 0.411. The number of nitrogens with zero attached hydrogens (tertiary/aromatic N) is 3. The van der Waals surface area contributed by atoms with Crippen LogP contribution in [0.2, 0.25) is 5.02 Å². The van der Waals surface area contributed by atoms with Crippen LogP contribution in [-0.2, 0) is 4.79 Å². The molecule has 3 aromatic rings. The number of carbonyl (C=O) groups excluding carboxylic acids is 1. The summed E-state index contributed by atoms with van der Waals surface area (Å²) in [6.07, 6.45) is -1.06. The number of fused-ring (bicyclic) bond motifs is 1. The number of aromatic nitrogens is 2. The number of methoxy groups -OCH3 is 1. The third-order valence-electron chi connectivity index (χ3n) is 5.56. The third kappa shape index (κ3) is 5.91. The van der Waals surface area contributed by atoms with E-state index in [-0.39, 0.29) is 17.0 Å². The average molecular weight is 523 g/mol. The molecule has 1 N–H and O–H groups in total. The number of likely N-dealkylation sites (tertiary alicyclic amines) is 1. The summed E-state index contributed by atoms with van der Waals surface area (Å²) < 4.78 is 53.2. The zero-order valence-electron chi connectivity index (χ0n) is 19.1. The number of hydrogen-bond donors (Lipinski definition) is 1. The molecule has 4 rings (SSSR count). The summed E-state index contributed by atoms with van der Waals surface area (Å²) in [5.74, 6) is 0.724. The molecule has 2 aromatic carbocycles. The van der Waals surface area contributed by atoms with Crippen LogP contribution in [0.4, 0.5) is 24.7 Å². The predicted molar refractivity (Wildman–Crippen MR) is 128 cm³/mol. The molecule has 36 heavy (non-hydrogen) atoms. The van der Waals surface area contributed by atoms with E-state index in [0.717, 1.165) is 6.07 Å². The van der Waals surface area contributed by atoms with Gasteiger partial charge >= 0.3 is 6.36 Å². The van der Waals surface area contributed by atoms with E-state index in [2.05, 4.69) is 26.6 Å². The zero-order chi connectivity index (χ0) is 25.9. The largest absolute Gasteiger partial charge is 0.573 e. The van der Waals surface area contributed by atoms with Crippen molar-refractivity contribution in [1.29, 1.82) is 0 Å². The van der Waals surface area contributed by atoms with Crippen molar-refractivity contribution in [2.24, 2.45) is 0 Å². The molecule has 2 heterocycles. The summed E-state index contributed by atoms with van der Waals surface area (Å²) in [6.45, 7) is 4.62. The third-order valence-corrected chi connectivity index (χ3v) is 5.86. The second-order valence-corrected chi connectivity index (χ2v) is 8.31. The van der Waals surface area contributed by atoms with E-state index in [4.69, 9.17) is 21.1 Å². The smallest absolute Gasteiger partial charge is 0.493 e. The fraction of sp³-hybridized carbons (Fsp3) is 0.292. The van der Waals surface area contributed by atoms with Gasteiger partial charge in [0.2, 0.25) is 5.91 Å². The minimum Gasteiger partial charge on any atom is -0.493 e. The van der Waals surface area contributed by atoms with Gasteiger partial charge in [-0.1, -0.05) is 18.2 Å². The fourth-order valence-electron chi connectivity index (χ4n) is 3.84. The molecule has 1 aliphatic heterocycles. The molecule has 1 saturated heterocycles. The van der Waals surface area contributed by atoms with Crippen LogP contribution in [0.3, 0.4) is 0 Å². The Morgan fingerprint density at radius 2 is 1.92 bits per heavy atom. The number of amides is 1. The Morgan fingerprint density at radius 3 is 2.56 bits per heavy atom. The summed E-state index contributed by atoms with van der Waals surface area (Å²) in [4.78, 5) is 22.1. The van der Waals surface area contributed by atoms with E-state index in [1.165, 1.54) is 31.6 Å². The van der Waals surface area contributed by atoms with Crippen molar-refractivity contribution in [2.45, 2.75) is 25.3 Å². The van der Waals surface area contributed by atoms with Gasteiger partial charge in [-0.3, -0.25) is 4.79 Å². The number of benzene rings is 2. The lowest BCUT2D eigenvalue weighted by Crippen LogP contribution is -2.41. The highest BCUT2D eigenvalue weighted by molar-refractivity contribution is 6.32. The Balaban J connectivity index is 1.57. The van der Waals surface area contributed by atoms with Crippen molar-refractivity contribution >= 4 is 39.9 Å². The maximum absolute atomic E-state index is 12.5. The molecule has 0 radical (unpaired) electrons. The van der Waals surface area contributed by atoms with Gasteiger partial charge in [-0.2, -0.15) is 0 Å². The topological polar surface area (TPSA) is 85.8 Å². The van der Waals surface area contributed by atoms with Crippen molar-refractivity contribution in [3.8, 4) is 17.2 Å². The summed E-state index contributed by atoms with van der Waals surface area (Å²) >= 11 is 5.97. The molecule has 0 unspecified atom stereocenters. The summed E-state index contributed by atoms with van der Waals surface area (Å²) in [7, 11) is 1.52. The molecule has 1 aliphatic rings. The maximum Gasteiger partial charge on any atom is 0.573 e. The molecule has 0 atom stereocenters. The first-order valence-corrected chi connectivity index (χ1v) is 11.3. The maximum atomic E-state index is 12.5. The number of alkyl halides is 3. The molecule has 1 amide bonds. The van der Waals surface area contributed by atoms with Crippen LogP contribution in [0.15, 0.2) is 49.3 Å². The molecule has 8 nitrogen and oxygen atoms in total. The fourth-order valence-corrected chi connectivity index (χ4v) is 4.06. The number of carbonyl (C=O) groups is 1. The number of piperidine rings is 1. The highest BCUT2D eigenvalue weighted by atomic mass is 35.5. The summed E-state index contributed by atoms with van der Waals surface area (Å²) in [5.41, 5.74) is 0.957. The number of anilines is 2. The molecule has 1 aromatic heterocycles. The van der Waals surface area contributed by atoms with E-state index in [1.54, 1.807) is 17.0 Å². The highest BCUT2D eigenvalue weighted by Gasteiger charge is 2.32. The number of halogens is 4. The standard InChI is InChI=1S/C24H22ClF3N4O4/c1-3-22(33)32-8-6-15(7-9-32)35-21-11-16-18(12-20(21)34-2)29-13-30-23(16)31-14-4-5-19(17(25)10-14)36-24(26,27)28/h3-5,10-13,15H,1,6-9H2,2H3,(H,29,30,31). The number of rotatable bonds is 7. The van der Waals surface area contributed by atoms with Crippen LogP contribution < -0.4 is 19.5 Å². The first-order chi connectivity index (χ1) is 17.2. The Labute approximate surface area is 209 Å². The molecular weight excluding hydrogens is 501 g/mol. The minimum absolute atomic E-state index is 0.109. The van der Waals surface area contributed by atoms with Gasteiger partial charge in [-0.15, -0.1) is 13.2 Å². The van der Waals surface area contributed by atoms with E-state index in [9.17, 15) is 18.0 Å². The Hall–Kier alpha value is -3.73. The van der Waals surface area contributed by atoms with Crippen molar-refractivity contribution in [3.63, 3.8) is 0 Å². The van der Waals surface area contributed by atoms with Crippen molar-refractivity contribution < 1.29 is 32.2 Å². The lowest BCUT2D eigenvalue weighted by atomic mass is 10.1. The molecule has 190 valence electrons. The van der Waals surface area contributed by atoms with Crippen molar-refractivity contribution in [2.75, 3.05) is 25.5 Å². The lowest BCUT2D eigenvalue weighted by molar-refractivity contribution is -0.274. The van der Waals surface area contributed by atoms with Gasteiger partial charge < -0.3 is 24.4 Å². The first kappa shape index (κ1) is 25.4. The summed E-state index contributed by atoms with van der Waals surface area (Å²) in [5, 5.41) is 3.43.